The van der Waals surface area contributed by atoms with Gasteiger partial charge in [-0.15, -0.1) is 0 Å². The molecule has 0 N–H and O–H groups in total. The molecule has 0 saturated carbocycles. The van der Waals surface area contributed by atoms with E-state index in [1.165, 1.54) is 0 Å². The summed E-state index contributed by atoms with van der Waals surface area (Å²) in [5.74, 6) is 1.36. The fourth-order valence-electron chi connectivity index (χ4n) is 3.15. The fraction of sp³-hybridized carbons (Fsp3) is 0.667. The first-order valence-corrected chi connectivity index (χ1v) is 8.55. The second-order valence-electron chi connectivity index (χ2n) is 6.91. The van der Waals surface area contributed by atoms with Crippen LogP contribution in [0.2, 0.25) is 0 Å². The number of carbonyl (C=O) groups is 1. The molecule has 0 unspecified atom stereocenters. The third-order valence-electron chi connectivity index (χ3n) is 4.64. The van der Waals surface area contributed by atoms with Crippen LogP contribution in [-0.2, 0) is 11.3 Å². The monoisotopic (exact) mass is 332 g/mol. The number of piperazine rings is 1. The van der Waals surface area contributed by atoms with Crippen molar-refractivity contribution in [1.29, 1.82) is 5.26 Å². The van der Waals surface area contributed by atoms with Crippen LogP contribution >= 0.6 is 0 Å². The van der Waals surface area contributed by atoms with E-state index in [2.05, 4.69) is 24.8 Å². The van der Waals surface area contributed by atoms with Crippen molar-refractivity contribution < 1.29 is 9.21 Å². The lowest BCUT2D eigenvalue weighted by Crippen LogP contribution is -2.54. The highest BCUT2D eigenvalue weighted by Crippen LogP contribution is 2.14. The second kappa shape index (κ2) is 8.32. The Morgan fingerprint density at radius 2 is 2.04 bits per heavy atom. The molecule has 1 aliphatic rings. The summed E-state index contributed by atoms with van der Waals surface area (Å²) in [5.41, 5.74) is 1.11. The van der Waals surface area contributed by atoms with Crippen molar-refractivity contribution in [1.82, 2.24) is 14.7 Å². The lowest BCUT2D eigenvalue weighted by molar-refractivity contribution is -0.134. The zero-order valence-electron chi connectivity index (χ0n) is 15.2. The standard InChI is InChI=1S/C18H28N4O2/c1-14(2)17(11-19)21-6-8-22(9-7-21)18(23)13-20(4)12-16-5-10-24-15(16)3/h5,10,14,17H,6-9,12-13H2,1-4H3/t17-/m1/s1. The topological polar surface area (TPSA) is 63.7 Å². The van der Waals surface area contributed by atoms with E-state index in [9.17, 15) is 10.1 Å². The molecule has 2 heterocycles. The molecule has 6 nitrogen and oxygen atoms in total. The number of amides is 1. The van der Waals surface area contributed by atoms with Crippen molar-refractivity contribution in [2.45, 2.75) is 33.4 Å². The maximum Gasteiger partial charge on any atom is 0.236 e. The molecule has 1 aromatic heterocycles. The van der Waals surface area contributed by atoms with Gasteiger partial charge in [0.25, 0.3) is 0 Å². The minimum atomic E-state index is -0.0611. The zero-order chi connectivity index (χ0) is 17.7. The van der Waals surface area contributed by atoms with Crippen LogP contribution in [0.25, 0.3) is 0 Å². The van der Waals surface area contributed by atoms with E-state index in [4.69, 9.17) is 4.42 Å². The highest BCUT2D eigenvalue weighted by atomic mass is 16.3. The number of furan rings is 1. The lowest BCUT2D eigenvalue weighted by Gasteiger charge is -2.38. The summed E-state index contributed by atoms with van der Waals surface area (Å²) < 4.78 is 5.30. The quantitative estimate of drug-likeness (QED) is 0.793. The van der Waals surface area contributed by atoms with Crippen molar-refractivity contribution in [3.05, 3.63) is 23.7 Å². The SMILES string of the molecule is Cc1occc1CN(C)CC(=O)N1CCN([C@H](C#N)C(C)C)CC1. The maximum absolute atomic E-state index is 12.5. The second-order valence-corrected chi connectivity index (χ2v) is 6.91. The Bertz CT molecular complexity index is 582. The van der Waals surface area contributed by atoms with Gasteiger partial charge in [0.05, 0.1) is 18.9 Å². The molecule has 0 spiro atoms. The minimum Gasteiger partial charge on any atom is -0.469 e. The molecular formula is C18H28N4O2. The number of likely N-dealkylation sites (N-methyl/N-ethyl adjacent to an activating group) is 1. The van der Waals surface area contributed by atoms with Gasteiger partial charge in [0, 0.05) is 38.3 Å². The Labute approximate surface area is 144 Å². The molecule has 0 aliphatic carbocycles. The molecule has 24 heavy (non-hydrogen) atoms. The number of carbonyl (C=O) groups excluding carboxylic acids is 1. The Morgan fingerprint density at radius 3 is 2.54 bits per heavy atom. The summed E-state index contributed by atoms with van der Waals surface area (Å²) in [7, 11) is 1.95. The molecule has 1 atom stereocenters. The van der Waals surface area contributed by atoms with Gasteiger partial charge in [-0.25, -0.2) is 0 Å². The van der Waals surface area contributed by atoms with E-state index in [1.54, 1.807) is 6.26 Å². The predicted octanol–water partition coefficient (Wildman–Crippen LogP) is 1.71. The predicted molar refractivity (Wildman–Crippen MR) is 92.2 cm³/mol. The van der Waals surface area contributed by atoms with E-state index in [-0.39, 0.29) is 11.9 Å². The van der Waals surface area contributed by atoms with Gasteiger partial charge in [0.2, 0.25) is 5.91 Å². The van der Waals surface area contributed by atoms with E-state index in [0.717, 1.165) is 24.4 Å². The third kappa shape index (κ3) is 4.59. The summed E-state index contributed by atoms with van der Waals surface area (Å²) >= 11 is 0. The Balaban J connectivity index is 1.80. The van der Waals surface area contributed by atoms with Crippen molar-refractivity contribution in [3.63, 3.8) is 0 Å². The molecule has 0 bridgehead atoms. The molecule has 1 aromatic rings. The number of nitriles is 1. The van der Waals surface area contributed by atoms with Crippen LogP contribution in [0.5, 0.6) is 0 Å². The van der Waals surface area contributed by atoms with E-state index < -0.39 is 0 Å². The van der Waals surface area contributed by atoms with Crippen molar-refractivity contribution in [2.24, 2.45) is 5.92 Å². The molecule has 1 fully saturated rings. The number of rotatable bonds is 6. The molecular weight excluding hydrogens is 304 g/mol. The van der Waals surface area contributed by atoms with Crippen LogP contribution in [0.15, 0.2) is 16.7 Å². The van der Waals surface area contributed by atoms with Crippen LogP contribution in [0, 0.1) is 24.2 Å². The highest BCUT2D eigenvalue weighted by Gasteiger charge is 2.27. The van der Waals surface area contributed by atoms with Gasteiger partial charge in [-0.05, 0) is 26.0 Å². The van der Waals surface area contributed by atoms with Gasteiger partial charge in [-0.2, -0.15) is 5.26 Å². The Hall–Kier alpha value is -1.84. The lowest BCUT2D eigenvalue weighted by atomic mass is 10.0. The molecule has 0 aromatic carbocycles. The van der Waals surface area contributed by atoms with Gasteiger partial charge in [0.1, 0.15) is 11.8 Å². The summed E-state index contributed by atoms with van der Waals surface area (Å²) in [5, 5.41) is 9.30. The van der Waals surface area contributed by atoms with E-state index >= 15 is 0 Å². The first-order valence-electron chi connectivity index (χ1n) is 8.55. The molecule has 1 aliphatic heterocycles. The molecule has 132 valence electrons. The van der Waals surface area contributed by atoms with Crippen LogP contribution in [0.1, 0.15) is 25.2 Å². The number of hydrogen-bond acceptors (Lipinski definition) is 5. The molecule has 2 rings (SSSR count). The van der Waals surface area contributed by atoms with Gasteiger partial charge in [-0.1, -0.05) is 13.8 Å². The summed E-state index contributed by atoms with van der Waals surface area (Å²) in [4.78, 5) is 18.6. The number of nitrogens with zero attached hydrogens (tertiary/aromatic N) is 4. The minimum absolute atomic E-state index is 0.0611. The first kappa shape index (κ1) is 18.5. The van der Waals surface area contributed by atoms with Gasteiger partial charge < -0.3 is 9.32 Å². The Morgan fingerprint density at radius 1 is 1.38 bits per heavy atom. The smallest absolute Gasteiger partial charge is 0.236 e. The zero-order valence-corrected chi connectivity index (χ0v) is 15.2. The summed E-state index contributed by atoms with van der Waals surface area (Å²) in [6.45, 7) is 10.1. The largest absolute Gasteiger partial charge is 0.469 e. The maximum atomic E-state index is 12.5. The molecule has 1 amide bonds. The molecule has 1 saturated heterocycles. The fourth-order valence-corrected chi connectivity index (χ4v) is 3.15. The van der Waals surface area contributed by atoms with Crippen LogP contribution in [-0.4, -0.2) is 66.4 Å². The van der Waals surface area contributed by atoms with Crippen molar-refractivity contribution in [3.8, 4) is 6.07 Å². The highest BCUT2D eigenvalue weighted by molar-refractivity contribution is 5.78. The molecule has 6 heteroatoms. The number of hydrogen-bond donors (Lipinski definition) is 0. The first-order chi connectivity index (χ1) is 11.4. The number of aryl methyl sites for hydroxylation is 1. The normalized spacial score (nSPS) is 17.3. The average Bonchev–Trinajstić information content (AvgIpc) is 2.93. The Kier molecular flexibility index (Phi) is 6.41. The van der Waals surface area contributed by atoms with Crippen LogP contribution in [0.3, 0.4) is 0 Å². The average molecular weight is 332 g/mol. The van der Waals surface area contributed by atoms with Crippen LogP contribution in [0.4, 0.5) is 0 Å². The van der Waals surface area contributed by atoms with Crippen molar-refractivity contribution in [2.75, 3.05) is 39.8 Å². The van der Waals surface area contributed by atoms with Crippen LogP contribution < -0.4 is 0 Å². The van der Waals surface area contributed by atoms with Crippen molar-refractivity contribution >= 4 is 5.91 Å². The molecule has 0 radical (unpaired) electrons. The van der Waals surface area contributed by atoms with Gasteiger partial charge in [0.15, 0.2) is 0 Å². The summed E-state index contributed by atoms with van der Waals surface area (Å²) in [6.07, 6.45) is 1.68. The van der Waals surface area contributed by atoms with E-state index in [0.29, 0.717) is 32.1 Å². The third-order valence-corrected chi connectivity index (χ3v) is 4.64. The van der Waals surface area contributed by atoms with E-state index in [1.807, 2.05) is 29.8 Å². The van der Waals surface area contributed by atoms with Gasteiger partial charge in [-0.3, -0.25) is 14.6 Å². The summed E-state index contributed by atoms with van der Waals surface area (Å²) in [6, 6.07) is 4.27. The van der Waals surface area contributed by atoms with Gasteiger partial charge >= 0.3 is 0 Å².